The molecule has 0 saturated carbocycles. The number of ether oxygens (including phenoxy) is 4. The number of non-ortho nitro benzene ring substituents is 1. The van der Waals surface area contributed by atoms with Crippen LogP contribution in [-0.2, 0) is 24.2 Å². The topological polar surface area (TPSA) is 188 Å². The summed E-state index contributed by atoms with van der Waals surface area (Å²) in [6.45, 7) is -0.0885. The third-order valence-electron chi connectivity index (χ3n) is 10.2. The van der Waals surface area contributed by atoms with E-state index < -0.39 is 37.2 Å². The van der Waals surface area contributed by atoms with Crippen molar-refractivity contribution in [2.45, 2.75) is 30.5 Å². The molecule has 16 nitrogen and oxygen atoms in total. The summed E-state index contributed by atoms with van der Waals surface area (Å²) in [4.78, 5) is 37.1. The summed E-state index contributed by atoms with van der Waals surface area (Å²) in [5.41, 5.74) is 2.14. The molecule has 1 amide bonds. The fraction of sp³-hybridized carbons (Fsp3) is 0.182. The van der Waals surface area contributed by atoms with Gasteiger partial charge in [0.15, 0.2) is 22.7 Å². The number of benzene rings is 5. The zero-order valence-electron chi connectivity index (χ0n) is 32.8. The van der Waals surface area contributed by atoms with Gasteiger partial charge in [-0.3, -0.25) is 19.5 Å². The monoisotopic (exact) mass is 841 g/mol. The first-order valence-corrected chi connectivity index (χ1v) is 20.1. The van der Waals surface area contributed by atoms with Crippen LogP contribution in [-0.4, -0.2) is 63.4 Å². The van der Waals surface area contributed by atoms with Crippen molar-refractivity contribution in [1.29, 1.82) is 0 Å². The lowest BCUT2D eigenvalue weighted by molar-refractivity contribution is -0.384. The molecule has 308 valence electrons. The second kappa shape index (κ2) is 18.0. The highest BCUT2D eigenvalue weighted by Crippen LogP contribution is 2.45. The fourth-order valence-electron chi connectivity index (χ4n) is 7.18. The molecule has 1 aliphatic heterocycles. The second-order valence-corrected chi connectivity index (χ2v) is 14.6. The molecule has 0 radical (unpaired) electrons. The molecule has 1 N–H and O–H groups in total. The van der Waals surface area contributed by atoms with Crippen LogP contribution in [0, 0.1) is 10.1 Å². The van der Waals surface area contributed by atoms with Crippen LogP contribution in [0.1, 0.15) is 39.7 Å². The van der Waals surface area contributed by atoms with Crippen molar-refractivity contribution in [3.63, 3.8) is 0 Å². The van der Waals surface area contributed by atoms with Crippen LogP contribution in [0.2, 0.25) is 0 Å². The maximum atomic E-state index is 13.6. The number of amides is 1. The molecular weight excluding hydrogens is 803 g/mol. The van der Waals surface area contributed by atoms with Gasteiger partial charge in [-0.1, -0.05) is 72.8 Å². The molecule has 7 aromatic rings. The number of nitrogens with one attached hydrogen (secondary N) is 1. The Bertz CT molecular complexity index is 2590. The number of nitro groups is 1. The minimum atomic E-state index is -2.83. The molecule has 1 aliphatic rings. The summed E-state index contributed by atoms with van der Waals surface area (Å²) in [5, 5.41) is 14.0. The van der Waals surface area contributed by atoms with Gasteiger partial charge < -0.3 is 24.3 Å². The first kappa shape index (κ1) is 40.7. The van der Waals surface area contributed by atoms with E-state index in [9.17, 15) is 19.5 Å². The number of carbonyl (C=O) groups is 1. The number of anilines is 1. The van der Waals surface area contributed by atoms with Gasteiger partial charge in [0.25, 0.3) is 11.6 Å². The number of hydrogen-bond donors (Lipinski definition) is 1. The zero-order valence-corrected chi connectivity index (χ0v) is 33.7. The van der Waals surface area contributed by atoms with Gasteiger partial charge in [-0.2, -0.15) is 0 Å². The Morgan fingerprint density at radius 3 is 2.02 bits per heavy atom. The van der Waals surface area contributed by atoms with E-state index in [-0.39, 0.29) is 36.2 Å². The number of methoxy groups -OCH3 is 2. The Hall–Kier alpha value is -7.10. The molecule has 0 spiro atoms. The Balaban J connectivity index is 1.14. The van der Waals surface area contributed by atoms with Crippen LogP contribution in [0.4, 0.5) is 11.5 Å². The summed E-state index contributed by atoms with van der Waals surface area (Å²) in [6.07, 6.45) is 0.468. The van der Waals surface area contributed by atoms with Crippen molar-refractivity contribution < 1.29 is 42.3 Å². The van der Waals surface area contributed by atoms with Gasteiger partial charge in [0.2, 0.25) is 0 Å². The predicted octanol–water partition coefficient (Wildman–Crippen LogP) is 8.42. The summed E-state index contributed by atoms with van der Waals surface area (Å²) < 4.78 is 51.8. The molecule has 3 heterocycles. The van der Waals surface area contributed by atoms with Gasteiger partial charge in [0.1, 0.15) is 41.9 Å². The maximum absolute atomic E-state index is 13.6. The molecule has 1 saturated heterocycles. The quantitative estimate of drug-likeness (QED) is 0.0423. The molecule has 0 aliphatic carbocycles. The Morgan fingerprint density at radius 2 is 1.41 bits per heavy atom. The van der Waals surface area contributed by atoms with Gasteiger partial charge >= 0.3 is 8.25 Å². The van der Waals surface area contributed by atoms with E-state index in [0.717, 1.165) is 16.7 Å². The summed E-state index contributed by atoms with van der Waals surface area (Å²) in [6, 6.07) is 38.8. The summed E-state index contributed by atoms with van der Waals surface area (Å²) in [5.74, 6) is 1.26. The van der Waals surface area contributed by atoms with Crippen LogP contribution < -0.4 is 19.3 Å². The first-order valence-electron chi connectivity index (χ1n) is 19.0. The third kappa shape index (κ3) is 8.65. The van der Waals surface area contributed by atoms with E-state index in [1.807, 2.05) is 84.9 Å². The lowest BCUT2D eigenvalue weighted by atomic mass is 9.80. The molecule has 5 aromatic carbocycles. The molecular formula is C44H38N6O10P+. The molecule has 4 atom stereocenters. The zero-order chi connectivity index (χ0) is 42.3. The predicted molar refractivity (Wildman–Crippen MR) is 223 cm³/mol. The maximum Gasteiger partial charge on any atom is 0.750 e. The van der Waals surface area contributed by atoms with Crippen LogP contribution >= 0.6 is 8.25 Å². The van der Waals surface area contributed by atoms with Crippen LogP contribution in [0.15, 0.2) is 146 Å². The molecule has 17 heteroatoms. The van der Waals surface area contributed by atoms with Crippen LogP contribution in [0.5, 0.6) is 17.2 Å². The number of carbonyl (C=O) groups excluding carboxylic acids is 1. The number of nitrogens with zero attached hydrogens (tertiary/aromatic N) is 5. The lowest BCUT2D eigenvalue weighted by Crippen LogP contribution is -2.38. The van der Waals surface area contributed by atoms with Crippen LogP contribution in [0.3, 0.4) is 0 Å². The molecule has 0 bridgehead atoms. The number of hydrogen-bond acceptors (Lipinski definition) is 13. The SMILES string of the molecule is COc1ccc(C(OC[C@H]2O[C@@H](n3cnc4c(NC(=O)c5ccccc5)ncnc43)C[C@@H]2O[P+](=O)Oc2ccc([N+](=O)[O-])cc2)(c2ccccc2)c2ccc(OC)cc2)cc1. The van der Waals surface area contributed by atoms with E-state index >= 15 is 0 Å². The lowest BCUT2D eigenvalue weighted by Gasteiger charge is -2.37. The van der Waals surface area contributed by atoms with Crippen molar-refractivity contribution in [1.82, 2.24) is 19.5 Å². The highest BCUT2D eigenvalue weighted by Gasteiger charge is 2.47. The van der Waals surface area contributed by atoms with Crippen LogP contribution in [0.25, 0.3) is 11.2 Å². The number of aromatic nitrogens is 4. The molecule has 8 rings (SSSR count). The fourth-order valence-corrected chi connectivity index (χ4v) is 7.96. The van der Waals surface area contributed by atoms with E-state index in [4.69, 9.17) is 28.0 Å². The Labute approximate surface area is 350 Å². The molecule has 1 unspecified atom stereocenters. The van der Waals surface area contributed by atoms with E-state index in [2.05, 4.69) is 20.3 Å². The normalized spacial score (nSPS) is 16.5. The minimum Gasteiger partial charge on any atom is -0.497 e. The smallest absolute Gasteiger partial charge is 0.497 e. The summed E-state index contributed by atoms with van der Waals surface area (Å²) in [7, 11) is 0.365. The van der Waals surface area contributed by atoms with E-state index in [1.165, 1.54) is 36.9 Å². The number of nitro benzene ring substituents is 1. The van der Waals surface area contributed by atoms with Gasteiger partial charge in [-0.25, -0.2) is 19.5 Å². The van der Waals surface area contributed by atoms with Gasteiger partial charge in [0, 0.05) is 28.7 Å². The average Bonchev–Trinajstić information content (AvgIpc) is 3.92. The molecule has 61 heavy (non-hydrogen) atoms. The Kier molecular flexibility index (Phi) is 12.0. The van der Waals surface area contributed by atoms with Crippen molar-refractivity contribution in [3.05, 3.63) is 178 Å². The number of rotatable bonds is 16. The van der Waals surface area contributed by atoms with Crippen molar-refractivity contribution in [2.75, 3.05) is 26.1 Å². The van der Waals surface area contributed by atoms with Crippen molar-refractivity contribution in [2.24, 2.45) is 0 Å². The third-order valence-corrected chi connectivity index (χ3v) is 11.0. The minimum absolute atomic E-state index is 0.0885. The second-order valence-electron chi connectivity index (χ2n) is 13.8. The summed E-state index contributed by atoms with van der Waals surface area (Å²) >= 11 is 0. The number of imidazole rings is 1. The van der Waals surface area contributed by atoms with E-state index in [1.54, 1.807) is 43.1 Å². The Morgan fingerprint density at radius 1 is 0.820 bits per heavy atom. The standard InChI is InChI=1S/C44H37N6O10P/c1-55-34-19-13-31(14-20-34)44(30-11-7-4-8-12-30,32-15-21-35(56-2)22-16-32)57-26-38-37(60-61(54)59-36-23-17-33(18-24-36)50(52)53)25-39(58-38)49-28-47-40-41(45-27-46-42(40)49)48-43(51)29-9-5-3-6-10-29/h3-24,27-28,37-39H,25-26H2,1-2H3/p+1/t37-,38+,39+/m0/s1. The molecule has 1 fully saturated rings. The molecule has 2 aromatic heterocycles. The van der Waals surface area contributed by atoms with E-state index in [0.29, 0.717) is 28.2 Å². The first-order chi connectivity index (χ1) is 29.7. The number of fused-ring (bicyclic) bond motifs is 1. The van der Waals surface area contributed by atoms with Gasteiger partial charge in [0.05, 0.1) is 32.1 Å². The highest BCUT2D eigenvalue weighted by atomic mass is 31.1. The van der Waals surface area contributed by atoms with Crippen molar-refractivity contribution >= 4 is 36.8 Å². The average molecular weight is 842 g/mol. The van der Waals surface area contributed by atoms with Gasteiger partial charge in [-0.05, 0) is 65.2 Å². The largest absolute Gasteiger partial charge is 0.750 e. The van der Waals surface area contributed by atoms with Crippen molar-refractivity contribution in [3.8, 4) is 17.2 Å². The highest BCUT2D eigenvalue weighted by molar-refractivity contribution is 7.33. The van der Waals surface area contributed by atoms with Gasteiger partial charge in [-0.15, -0.1) is 4.52 Å².